The molecule has 1 atom stereocenters. The van der Waals surface area contributed by atoms with Crippen LogP contribution in [0.25, 0.3) is 0 Å². The summed E-state index contributed by atoms with van der Waals surface area (Å²) in [5, 5.41) is 0. The highest BCUT2D eigenvalue weighted by atomic mass is 16.6. The molecule has 0 aliphatic heterocycles. The summed E-state index contributed by atoms with van der Waals surface area (Å²) >= 11 is 0. The predicted molar refractivity (Wildman–Crippen MR) is 344 cm³/mol. The van der Waals surface area contributed by atoms with Crippen molar-refractivity contribution in [2.45, 2.75) is 361 Å². The van der Waals surface area contributed by atoms with Crippen LogP contribution >= 0.6 is 0 Å². The molecular weight excluding hydrogens is 973 g/mol. The van der Waals surface area contributed by atoms with Crippen molar-refractivity contribution in [1.29, 1.82) is 0 Å². The zero-order chi connectivity index (χ0) is 57.1. The minimum absolute atomic E-state index is 0.0778. The average Bonchev–Trinajstić information content (AvgIpc) is 3.45. The normalized spacial score (nSPS) is 12.5. The van der Waals surface area contributed by atoms with Gasteiger partial charge in [-0.25, -0.2) is 0 Å². The van der Waals surface area contributed by atoms with Gasteiger partial charge in [-0.3, -0.25) is 14.4 Å². The van der Waals surface area contributed by atoms with Crippen LogP contribution < -0.4 is 0 Å². The summed E-state index contributed by atoms with van der Waals surface area (Å²) < 4.78 is 17.0. The van der Waals surface area contributed by atoms with Gasteiger partial charge in [0, 0.05) is 19.3 Å². The van der Waals surface area contributed by atoms with Crippen LogP contribution in [0.2, 0.25) is 0 Å². The van der Waals surface area contributed by atoms with Gasteiger partial charge in [0.1, 0.15) is 13.2 Å². The first-order chi connectivity index (χ1) is 39.0. The number of carbonyl (C=O) groups excluding carboxylic acids is 3. The Morgan fingerprint density at radius 2 is 0.456 bits per heavy atom. The molecule has 0 radical (unpaired) electrons. The van der Waals surface area contributed by atoms with Gasteiger partial charge in [0.15, 0.2) is 6.10 Å². The molecule has 0 fully saturated rings. The quantitative estimate of drug-likeness (QED) is 0.0261. The first-order valence-electron chi connectivity index (χ1n) is 34.4. The summed E-state index contributed by atoms with van der Waals surface area (Å²) in [7, 11) is 0. The van der Waals surface area contributed by atoms with Crippen LogP contribution in [0.5, 0.6) is 0 Å². The fraction of sp³-hybridized carbons (Fsp3) is 0.795. The van der Waals surface area contributed by atoms with Crippen molar-refractivity contribution in [3.63, 3.8) is 0 Å². The molecule has 0 aliphatic carbocycles. The first-order valence-corrected chi connectivity index (χ1v) is 34.4. The Morgan fingerprint density at radius 1 is 0.253 bits per heavy atom. The zero-order valence-corrected chi connectivity index (χ0v) is 52.6. The molecule has 0 saturated heterocycles. The number of esters is 3. The van der Waals surface area contributed by atoms with Gasteiger partial charge in [0.2, 0.25) is 0 Å². The highest BCUT2D eigenvalue weighted by Crippen LogP contribution is 2.17. The third-order valence-corrected chi connectivity index (χ3v) is 15.2. The molecule has 0 aromatic carbocycles. The number of hydrogen-bond donors (Lipinski definition) is 0. The Hall–Kier alpha value is -3.15. The van der Waals surface area contributed by atoms with Gasteiger partial charge in [-0.05, 0) is 96.3 Å². The zero-order valence-electron chi connectivity index (χ0n) is 52.6. The van der Waals surface area contributed by atoms with E-state index in [4.69, 9.17) is 14.2 Å². The molecule has 0 bridgehead atoms. The first kappa shape index (κ1) is 75.8. The van der Waals surface area contributed by atoms with E-state index in [1.54, 1.807) is 0 Å². The molecule has 0 aromatic rings. The maximum atomic E-state index is 12.9. The molecule has 0 amide bonds. The predicted octanol–water partition coefficient (Wildman–Crippen LogP) is 23.7. The lowest BCUT2D eigenvalue weighted by Gasteiger charge is -2.18. The van der Waals surface area contributed by atoms with Gasteiger partial charge in [0.05, 0.1) is 0 Å². The third kappa shape index (κ3) is 65.5. The van der Waals surface area contributed by atoms with Crippen LogP contribution in [0.1, 0.15) is 355 Å². The van der Waals surface area contributed by atoms with E-state index in [9.17, 15) is 14.4 Å². The number of rotatable bonds is 63. The lowest BCUT2D eigenvalue weighted by molar-refractivity contribution is -0.167. The summed E-state index contributed by atoms with van der Waals surface area (Å²) in [4.78, 5) is 38.4. The van der Waals surface area contributed by atoms with Gasteiger partial charge in [-0.2, -0.15) is 0 Å². The van der Waals surface area contributed by atoms with E-state index in [2.05, 4.69) is 93.7 Å². The Bertz CT molecular complexity index is 1450. The molecular formula is C73H130O6. The highest BCUT2D eigenvalue weighted by Gasteiger charge is 2.19. The number of carbonyl (C=O) groups is 3. The Kier molecular flexibility index (Phi) is 64.7. The summed E-state index contributed by atoms with van der Waals surface area (Å²) in [5.74, 6) is -0.874. The fourth-order valence-electron chi connectivity index (χ4n) is 9.99. The monoisotopic (exact) mass is 1100 g/mol. The Balaban J connectivity index is 4.30. The molecule has 0 N–H and O–H groups in total. The lowest BCUT2D eigenvalue weighted by atomic mass is 10.0. The second-order valence-electron chi connectivity index (χ2n) is 23.1. The number of ether oxygens (including phenoxy) is 3. The van der Waals surface area contributed by atoms with Crippen molar-refractivity contribution >= 4 is 17.9 Å². The highest BCUT2D eigenvalue weighted by molar-refractivity contribution is 5.71. The molecule has 0 aliphatic rings. The third-order valence-electron chi connectivity index (χ3n) is 15.2. The average molecular weight is 1100 g/mol. The van der Waals surface area contributed by atoms with Crippen LogP contribution in [0, 0.1) is 0 Å². The maximum Gasteiger partial charge on any atom is 0.306 e. The van der Waals surface area contributed by atoms with E-state index in [0.29, 0.717) is 19.3 Å². The van der Waals surface area contributed by atoms with E-state index in [-0.39, 0.29) is 31.1 Å². The molecule has 79 heavy (non-hydrogen) atoms. The Morgan fingerprint density at radius 3 is 0.709 bits per heavy atom. The molecule has 6 heteroatoms. The van der Waals surface area contributed by atoms with E-state index in [0.717, 1.165) is 96.3 Å². The van der Waals surface area contributed by atoms with Crippen LogP contribution in [-0.2, 0) is 28.6 Å². The van der Waals surface area contributed by atoms with Crippen molar-refractivity contribution in [3.8, 4) is 0 Å². The molecule has 0 spiro atoms. The molecule has 0 saturated carbocycles. The molecule has 0 aromatic heterocycles. The minimum Gasteiger partial charge on any atom is -0.462 e. The topological polar surface area (TPSA) is 78.9 Å². The van der Waals surface area contributed by atoms with E-state index in [1.807, 2.05) is 0 Å². The summed E-state index contributed by atoms with van der Waals surface area (Å²) in [6.07, 6.45) is 87.7. The second kappa shape index (κ2) is 67.4. The molecule has 0 heterocycles. The van der Waals surface area contributed by atoms with Gasteiger partial charge in [-0.1, -0.05) is 312 Å². The standard InChI is InChI=1S/C73H130O6/c1-4-7-10-13-16-19-22-25-27-29-31-33-34-35-36-37-38-40-41-43-45-48-51-54-57-60-63-66-72(75)78-69-70(68-77-71(74)65-62-59-56-53-50-47-24-21-18-15-12-9-6-3)79-73(76)67-64-61-58-55-52-49-46-44-42-39-32-30-28-26-23-20-17-14-11-8-5-2/h22-23,25-26,29-32,34-35,42,44,70H,4-21,24,27-28,33,36-41,43,45-69H2,1-3H3/b25-22-,26-23-,31-29-,32-30-,35-34-,44-42-. The minimum atomic E-state index is -0.783. The lowest BCUT2D eigenvalue weighted by Crippen LogP contribution is -2.30. The van der Waals surface area contributed by atoms with E-state index < -0.39 is 6.10 Å². The SMILES string of the molecule is CCCCCCC/C=C\C/C=C\C/C=C\CCCCCCCCCCCCCCC(=O)OCC(COC(=O)CCCCCCCCCCCCCCC)OC(=O)CCCCCCCC/C=C\C/C=C\C/C=C\CCCCCCC. The molecule has 6 nitrogen and oxygen atoms in total. The van der Waals surface area contributed by atoms with E-state index in [1.165, 1.54) is 218 Å². The molecule has 0 rings (SSSR count). The largest absolute Gasteiger partial charge is 0.462 e. The smallest absolute Gasteiger partial charge is 0.306 e. The second-order valence-corrected chi connectivity index (χ2v) is 23.1. The van der Waals surface area contributed by atoms with Crippen LogP contribution in [0.3, 0.4) is 0 Å². The van der Waals surface area contributed by atoms with Crippen molar-refractivity contribution in [2.24, 2.45) is 0 Å². The summed E-state index contributed by atoms with van der Waals surface area (Å²) in [5.41, 5.74) is 0. The van der Waals surface area contributed by atoms with Gasteiger partial charge >= 0.3 is 17.9 Å². The van der Waals surface area contributed by atoms with Gasteiger partial charge in [0.25, 0.3) is 0 Å². The molecule has 458 valence electrons. The van der Waals surface area contributed by atoms with Crippen molar-refractivity contribution in [3.05, 3.63) is 72.9 Å². The number of allylic oxidation sites excluding steroid dienone is 12. The van der Waals surface area contributed by atoms with Crippen LogP contribution in [-0.4, -0.2) is 37.2 Å². The summed E-state index contributed by atoms with van der Waals surface area (Å²) in [6, 6.07) is 0. The van der Waals surface area contributed by atoms with Gasteiger partial charge < -0.3 is 14.2 Å². The van der Waals surface area contributed by atoms with Crippen molar-refractivity contribution < 1.29 is 28.6 Å². The van der Waals surface area contributed by atoms with Crippen LogP contribution in [0.15, 0.2) is 72.9 Å². The number of hydrogen-bond acceptors (Lipinski definition) is 6. The van der Waals surface area contributed by atoms with Crippen molar-refractivity contribution in [1.82, 2.24) is 0 Å². The summed E-state index contributed by atoms with van der Waals surface area (Å²) in [6.45, 7) is 6.65. The van der Waals surface area contributed by atoms with Crippen molar-refractivity contribution in [2.75, 3.05) is 13.2 Å². The van der Waals surface area contributed by atoms with E-state index >= 15 is 0 Å². The van der Waals surface area contributed by atoms with Gasteiger partial charge in [-0.15, -0.1) is 0 Å². The number of unbranched alkanes of at least 4 members (excludes halogenated alkanes) is 40. The molecule has 1 unspecified atom stereocenters. The van der Waals surface area contributed by atoms with Crippen LogP contribution in [0.4, 0.5) is 0 Å². The fourth-order valence-corrected chi connectivity index (χ4v) is 9.99. The maximum absolute atomic E-state index is 12.9. The Labute approximate surface area is 491 Å².